The molecule has 1 aromatic heterocycles. The molecular formula is C26H35IN4O2. The third kappa shape index (κ3) is 9.17. The van der Waals surface area contributed by atoms with Crippen LogP contribution in [0.1, 0.15) is 56.0 Å². The molecule has 2 N–H and O–H groups in total. The molecule has 0 saturated carbocycles. The standard InChI is InChI=1S/C26H34N4O2.HI/c1-5-27-25(30-17-24-28-16-23(32-24)26(2,3)4)29-15-21-12-9-13-22(14-21)19-31-18-20-10-7-6-8-11-20;/h6-14,16H,5,15,17-19H2,1-4H3,(H2,27,29,30);1H. The molecule has 0 amide bonds. The zero-order chi connectivity index (χ0) is 22.8. The molecule has 0 saturated heterocycles. The number of benzene rings is 2. The number of halogens is 1. The van der Waals surface area contributed by atoms with E-state index in [4.69, 9.17) is 14.1 Å². The molecule has 178 valence electrons. The monoisotopic (exact) mass is 562 g/mol. The molecule has 3 aromatic rings. The van der Waals surface area contributed by atoms with Crippen LogP contribution in [0, 0.1) is 0 Å². The molecule has 7 heteroatoms. The molecule has 0 fully saturated rings. The summed E-state index contributed by atoms with van der Waals surface area (Å²) < 4.78 is 11.7. The maximum atomic E-state index is 5.86. The van der Waals surface area contributed by atoms with E-state index in [-0.39, 0.29) is 29.4 Å². The van der Waals surface area contributed by atoms with Crippen molar-refractivity contribution >= 4 is 29.9 Å². The van der Waals surface area contributed by atoms with Crippen molar-refractivity contribution in [2.24, 2.45) is 4.99 Å². The lowest BCUT2D eigenvalue weighted by molar-refractivity contribution is 0.107. The van der Waals surface area contributed by atoms with Gasteiger partial charge in [-0.3, -0.25) is 0 Å². The third-order valence-corrected chi connectivity index (χ3v) is 4.84. The predicted octanol–water partition coefficient (Wildman–Crippen LogP) is 5.56. The van der Waals surface area contributed by atoms with E-state index in [0.717, 1.165) is 29.4 Å². The minimum absolute atomic E-state index is 0. The zero-order valence-electron chi connectivity index (χ0n) is 19.9. The average Bonchev–Trinajstić information content (AvgIpc) is 3.27. The molecule has 0 unspecified atom stereocenters. The summed E-state index contributed by atoms with van der Waals surface area (Å²) in [6.07, 6.45) is 1.80. The SMILES string of the molecule is CCNC(=NCc1cccc(COCc2ccccc2)c1)NCc1ncc(C(C)(C)C)o1.I. The molecule has 2 aromatic carbocycles. The number of hydrogen-bond donors (Lipinski definition) is 2. The molecule has 0 radical (unpaired) electrons. The maximum absolute atomic E-state index is 5.86. The number of guanidine groups is 1. The fourth-order valence-electron chi connectivity index (χ4n) is 3.09. The molecule has 0 aliphatic carbocycles. The number of aliphatic imine (C=N–C) groups is 1. The molecule has 1 heterocycles. The molecule has 0 atom stereocenters. The van der Waals surface area contributed by atoms with Crippen LogP contribution in [-0.2, 0) is 36.5 Å². The second kappa shape index (κ2) is 13.3. The van der Waals surface area contributed by atoms with Gasteiger partial charge in [0.15, 0.2) is 5.96 Å². The van der Waals surface area contributed by atoms with Crippen molar-refractivity contribution in [3.05, 3.63) is 89.1 Å². The van der Waals surface area contributed by atoms with E-state index in [2.05, 4.69) is 66.7 Å². The van der Waals surface area contributed by atoms with Crippen LogP contribution in [0.5, 0.6) is 0 Å². The molecule has 6 nitrogen and oxygen atoms in total. The Morgan fingerprint density at radius 2 is 1.67 bits per heavy atom. The van der Waals surface area contributed by atoms with Gasteiger partial charge in [-0.15, -0.1) is 24.0 Å². The number of ether oxygens (including phenoxy) is 1. The van der Waals surface area contributed by atoms with Crippen molar-refractivity contribution in [3.63, 3.8) is 0 Å². The van der Waals surface area contributed by atoms with Gasteiger partial charge in [0, 0.05) is 12.0 Å². The molecule has 3 rings (SSSR count). The summed E-state index contributed by atoms with van der Waals surface area (Å²) in [7, 11) is 0. The van der Waals surface area contributed by atoms with Crippen LogP contribution < -0.4 is 10.6 Å². The molecule has 0 spiro atoms. The van der Waals surface area contributed by atoms with E-state index in [9.17, 15) is 0 Å². The molecule has 0 bridgehead atoms. The Morgan fingerprint density at radius 3 is 2.36 bits per heavy atom. The van der Waals surface area contributed by atoms with Crippen LogP contribution in [-0.4, -0.2) is 17.5 Å². The number of oxazole rings is 1. The topological polar surface area (TPSA) is 71.7 Å². The third-order valence-electron chi connectivity index (χ3n) is 4.84. The van der Waals surface area contributed by atoms with E-state index in [1.807, 2.05) is 31.2 Å². The summed E-state index contributed by atoms with van der Waals surface area (Å²) in [4.78, 5) is 9.08. The Morgan fingerprint density at radius 1 is 0.970 bits per heavy atom. The number of rotatable bonds is 9. The summed E-state index contributed by atoms with van der Waals surface area (Å²) >= 11 is 0. The first kappa shape index (κ1) is 26.9. The summed E-state index contributed by atoms with van der Waals surface area (Å²) in [6.45, 7) is 11.4. The summed E-state index contributed by atoms with van der Waals surface area (Å²) in [6, 6.07) is 18.6. The number of hydrogen-bond acceptors (Lipinski definition) is 4. The molecule has 0 aliphatic rings. The van der Waals surface area contributed by atoms with Gasteiger partial charge in [-0.2, -0.15) is 0 Å². The zero-order valence-corrected chi connectivity index (χ0v) is 22.3. The van der Waals surface area contributed by atoms with Gasteiger partial charge < -0.3 is 19.8 Å². The van der Waals surface area contributed by atoms with E-state index in [1.54, 1.807) is 6.20 Å². The van der Waals surface area contributed by atoms with Crippen molar-refractivity contribution in [2.45, 2.75) is 59.4 Å². The Bertz CT molecular complexity index is 997. The first-order chi connectivity index (χ1) is 15.4. The largest absolute Gasteiger partial charge is 0.443 e. The van der Waals surface area contributed by atoms with Crippen LogP contribution in [0.15, 0.2) is 70.2 Å². The second-order valence-electron chi connectivity index (χ2n) is 8.72. The van der Waals surface area contributed by atoms with Crippen molar-refractivity contribution in [1.29, 1.82) is 0 Å². The molecular weight excluding hydrogens is 527 g/mol. The lowest BCUT2D eigenvalue weighted by atomic mass is 9.94. The van der Waals surface area contributed by atoms with Crippen molar-refractivity contribution in [1.82, 2.24) is 15.6 Å². The summed E-state index contributed by atoms with van der Waals surface area (Å²) in [5.74, 6) is 2.26. The van der Waals surface area contributed by atoms with Gasteiger partial charge >= 0.3 is 0 Å². The Hall–Kier alpha value is -2.39. The van der Waals surface area contributed by atoms with Gasteiger partial charge in [0.2, 0.25) is 5.89 Å². The highest BCUT2D eigenvalue weighted by Gasteiger charge is 2.19. The quantitative estimate of drug-likeness (QED) is 0.203. The average molecular weight is 562 g/mol. The lowest BCUT2D eigenvalue weighted by Gasteiger charge is -2.13. The Labute approximate surface area is 214 Å². The van der Waals surface area contributed by atoms with Crippen LogP contribution in [0.3, 0.4) is 0 Å². The number of nitrogens with zero attached hydrogens (tertiary/aromatic N) is 2. The molecule has 0 aliphatic heterocycles. The highest BCUT2D eigenvalue weighted by molar-refractivity contribution is 14.0. The fourth-order valence-corrected chi connectivity index (χ4v) is 3.09. The van der Waals surface area contributed by atoms with E-state index >= 15 is 0 Å². The number of aromatic nitrogens is 1. The summed E-state index contributed by atoms with van der Waals surface area (Å²) in [5, 5.41) is 6.57. The van der Waals surface area contributed by atoms with Crippen LogP contribution in [0.2, 0.25) is 0 Å². The van der Waals surface area contributed by atoms with Gasteiger partial charge in [-0.1, -0.05) is 75.4 Å². The Balaban J connectivity index is 0.00000385. The van der Waals surface area contributed by atoms with E-state index < -0.39 is 0 Å². The lowest BCUT2D eigenvalue weighted by Crippen LogP contribution is -2.36. The Kier molecular flexibility index (Phi) is 10.9. The first-order valence-electron chi connectivity index (χ1n) is 11.1. The van der Waals surface area contributed by atoms with Gasteiger partial charge in [-0.25, -0.2) is 9.98 Å². The normalized spacial score (nSPS) is 11.7. The van der Waals surface area contributed by atoms with Gasteiger partial charge in [0.05, 0.1) is 32.5 Å². The van der Waals surface area contributed by atoms with Crippen LogP contribution >= 0.6 is 24.0 Å². The van der Waals surface area contributed by atoms with Crippen molar-refractivity contribution < 1.29 is 9.15 Å². The predicted molar refractivity (Wildman–Crippen MR) is 144 cm³/mol. The second-order valence-corrected chi connectivity index (χ2v) is 8.72. The maximum Gasteiger partial charge on any atom is 0.213 e. The summed E-state index contributed by atoms with van der Waals surface area (Å²) in [5.41, 5.74) is 3.39. The van der Waals surface area contributed by atoms with Gasteiger partial charge in [0.1, 0.15) is 5.76 Å². The fraction of sp³-hybridized carbons (Fsp3) is 0.385. The van der Waals surface area contributed by atoms with E-state index in [0.29, 0.717) is 32.2 Å². The smallest absolute Gasteiger partial charge is 0.213 e. The van der Waals surface area contributed by atoms with Crippen LogP contribution in [0.25, 0.3) is 0 Å². The highest BCUT2D eigenvalue weighted by Crippen LogP contribution is 2.22. The van der Waals surface area contributed by atoms with Gasteiger partial charge in [-0.05, 0) is 23.6 Å². The van der Waals surface area contributed by atoms with Gasteiger partial charge in [0.25, 0.3) is 0 Å². The van der Waals surface area contributed by atoms with E-state index in [1.165, 1.54) is 5.56 Å². The molecule has 33 heavy (non-hydrogen) atoms. The minimum Gasteiger partial charge on any atom is -0.443 e. The minimum atomic E-state index is -0.0559. The van der Waals surface area contributed by atoms with Crippen molar-refractivity contribution in [2.75, 3.05) is 6.54 Å². The number of nitrogens with one attached hydrogen (secondary N) is 2. The first-order valence-corrected chi connectivity index (χ1v) is 11.1. The highest BCUT2D eigenvalue weighted by atomic mass is 127. The van der Waals surface area contributed by atoms with Crippen LogP contribution in [0.4, 0.5) is 0 Å². The van der Waals surface area contributed by atoms with Crippen molar-refractivity contribution in [3.8, 4) is 0 Å².